The van der Waals surface area contributed by atoms with E-state index in [0.717, 1.165) is 29.5 Å². The average molecular weight is 294 g/mol. The molecule has 0 unspecified atom stereocenters. The molecule has 1 atom stereocenters. The third kappa shape index (κ3) is 5.16. The number of rotatable bonds is 8. The molecule has 0 radical (unpaired) electrons. The van der Waals surface area contributed by atoms with E-state index in [1.54, 1.807) is 0 Å². The molecular weight excluding hydrogens is 268 g/mol. The first-order valence-electron chi connectivity index (χ1n) is 8.32. The van der Waals surface area contributed by atoms with Crippen molar-refractivity contribution < 1.29 is 5.11 Å². The van der Waals surface area contributed by atoms with E-state index in [1.807, 2.05) is 42.5 Å². The lowest BCUT2D eigenvalue weighted by atomic mass is 9.95. The fourth-order valence-electron chi connectivity index (χ4n) is 2.65. The molecule has 0 aliphatic rings. The molecule has 0 amide bonds. The second-order valence-corrected chi connectivity index (χ2v) is 5.73. The highest BCUT2D eigenvalue weighted by atomic mass is 16.3. The van der Waals surface area contributed by atoms with Crippen molar-refractivity contribution in [2.75, 3.05) is 0 Å². The lowest BCUT2D eigenvalue weighted by Crippen LogP contribution is -2.04. The Bertz CT molecular complexity index is 515. The minimum Gasteiger partial charge on any atom is -0.389 e. The van der Waals surface area contributed by atoms with Gasteiger partial charge in [0.25, 0.3) is 0 Å². The third-order valence-electron chi connectivity index (χ3n) is 3.88. The molecule has 0 spiro atoms. The number of hydrogen-bond acceptors (Lipinski definition) is 1. The molecule has 1 nitrogen and oxygen atoms in total. The minimum absolute atomic E-state index is 0.382. The fourth-order valence-corrected chi connectivity index (χ4v) is 2.65. The van der Waals surface area contributed by atoms with Gasteiger partial charge in [-0.3, -0.25) is 0 Å². The Morgan fingerprint density at radius 2 is 1.41 bits per heavy atom. The Hall–Kier alpha value is -1.86. The van der Waals surface area contributed by atoms with Gasteiger partial charge in [-0.2, -0.15) is 0 Å². The van der Waals surface area contributed by atoms with Crippen molar-refractivity contribution in [1.29, 1.82) is 0 Å². The average Bonchev–Trinajstić information content (AvgIpc) is 2.58. The van der Waals surface area contributed by atoms with Gasteiger partial charge >= 0.3 is 0 Å². The molecule has 0 aliphatic heterocycles. The van der Waals surface area contributed by atoms with Crippen LogP contribution in [0.4, 0.5) is 0 Å². The molecule has 116 valence electrons. The van der Waals surface area contributed by atoms with Crippen molar-refractivity contribution in [2.24, 2.45) is 0 Å². The summed E-state index contributed by atoms with van der Waals surface area (Å²) in [5.74, 6) is 0. The SMILES string of the molecule is CCCCCC[C@H](O)C=C(c1ccccc1)c1ccccc1. The molecule has 0 heterocycles. The number of aliphatic hydroxyl groups is 1. The summed E-state index contributed by atoms with van der Waals surface area (Å²) < 4.78 is 0. The monoisotopic (exact) mass is 294 g/mol. The van der Waals surface area contributed by atoms with E-state index < -0.39 is 0 Å². The summed E-state index contributed by atoms with van der Waals surface area (Å²) >= 11 is 0. The second-order valence-electron chi connectivity index (χ2n) is 5.73. The molecule has 0 aromatic heterocycles. The topological polar surface area (TPSA) is 20.2 Å². The van der Waals surface area contributed by atoms with Crippen molar-refractivity contribution in [3.63, 3.8) is 0 Å². The maximum Gasteiger partial charge on any atom is 0.0730 e. The van der Waals surface area contributed by atoms with Gasteiger partial charge < -0.3 is 5.11 Å². The first-order valence-corrected chi connectivity index (χ1v) is 8.32. The van der Waals surface area contributed by atoms with Crippen LogP contribution >= 0.6 is 0 Å². The lowest BCUT2D eigenvalue weighted by molar-refractivity contribution is 0.208. The summed E-state index contributed by atoms with van der Waals surface area (Å²) in [6, 6.07) is 20.6. The standard InChI is InChI=1S/C21H26O/c1-2-3-4-11-16-20(22)17-21(18-12-7-5-8-13-18)19-14-9-6-10-15-19/h5-10,12-15,17,20,22H,2-4,11,16H2,1H3/t20-/m0/s1. The van der Waals surface area contributed by atoms with E-state index in [2.05, 4.69) is 31.2 Å². The first kappa shape index (κ1) is 16.5. The zero-order valence-corrected chi connectivity index (χ0v) is 13.4. The minimum atomic E-state index is -0.382. The molecular formula is C21H26O. The van der Waals surface area contributed by atoms with Gasteiger partial charge in [0.1, 0.15) is 0 Å². The molecule has 1 heteroatoms. The van der Waals surface area contributed by atoms with Gasteiger partial charge in [0.15, 0.2) is 0 Å². The molecule has 0 fully saturated rings. The van der Waals surface area contributed by atoms with Crippen LogP contribution in [0, 0.1) is 0 Å². The van der Waals surface area contributed by atoms with E-state index in [0.29, 0.717) is 0 Å². The highest BCUT2D eigenvalue weighted by Crippen LogP contribution is 2.24. The summed E-state index contributed by atoms with van der Waals surface area (Å²) in [5, 5.41) is 10.4. The largest absolute Gasteiger partial charge is 0.389 e. The molecule has 1 N–H and O–H groups in total. The lowest BCUT2D eigenvalue weighted by Gasteiger charge is -2.12. The maximum absolute atomic E-state index is 10.4. The van der Waals surface area contributed by atoms with Crippen LogP contribution in [0.3, 0.4) is 0 Å². The van der Waals surface area contributed by atoms with Crippen LogP contribution in [0.5, 0.6) is 0 Å². The summed E-state index contributed by atoms with van der Waals surface area (Å²) in [7, 11) is 0. The quantitative estimate of drug-likeness (QED) is 0.642. The molecule has 2 rings (SSSR count). The first-order chi connectivity index (χ1) is 10.8. The normalized spacial score (nSPS) is 11.9. The van der Waals surface area contributed by atoms with Crippen LogP contribution in [0.1, 0.15) is 50.2 Å². The van der Waals surface area contributed by atoms with Crippen molar-refractivity contribution >= 4 is 5.57 Å². The Labute approximate surface area is 134 Å². The maximum atomic E-state index is 10.4. The van der Waals surface area contributed by atoms with Crippen LogP contribution in [0.25, 0.3) is 5.57 Å². The summed E-state index contributed by atoms with van der Waals surface area (Å²) in [5.41, 5.74) is 3.42. The Kier molecular flexibility index (Phi) is 6.92. The third-order valence-corrected chi connectivity index (χ3v) is 3.88. The van der Waals surface area contributed by atoms with Gasteiger partial charge in [-0.25, -0.2) is 0 Å². The number of benzene rings is 2. The van der Waals surface area contributed by atoms with Crippen LogP contribution in [-0.2, 0) is 0 Å². The van der Waals surface area contributed by atoms with Crippen molar-refractivity contribution in [3.8, 4) is 0 Å². The Morgan fingerprint density at radius 3 is 1.91 bits per heavy atom. The zero-order valence-electron chi connectivity index (χ0n) is 13.4. The molecule has 0 saturated carbocycles. The van der Waals surface area contributed by atoms with Gasteiger partial charge in [-0.15, -0.1) is 0 Å². The van der Waals surface area contributed by atoms with Crippen molar-refractivity contribution in [3.05, 3.63) is 77.9 Å². The van der Waals surface area contributed by atoms with Crippen LogP contribution in [-0.4, -0.2) is 11.2 Å². The predicted octanol–water partition coefficient (Wildman–Crippen LogP) is 5.45. The van der Waals surface area contributed by atoms with E-state index in [9.17, 15) is 5.11 Å². The second kappa shape index (κ2) is 9.22. The Morgan fingerprint density at radius 1 is 0.864 bits per heavy atom. The van der Waals surface area contributed by atoms with Gasteiger partial charge in [0.05, 0.1) is 6.10 Å². The summed E-state index contributed by atoms with van der Waals surface area (Å²) in [6.45, 7) is 2.21. The number of hydrogen-bond donors (Lipinski definition) is 1. The smallest absolute Gasteiger partial charge is 0.0730 e. The number of unbranched alkanes of at least 4 members (excludes halogenated alkanes) is 3. The van der Waals surface area contributed by atoms with Crippen molar-refractivity contribution in [2.45, 2.75) is 45.1 Å². The molecule has 2 aromatic carbocycles. The van der Waals surface area contributed by atoms with Gasteiger partial charge in [0.2, 0.25) is 0 Å². The highest BCUT2D eigenvalue weighted by molar-refractivity contribution is 5.79. The van der Waals surface area contributed by atoms with Crippen molar-refractivity contribution in [1.82, 2.24) is 0 Å². The van der Waals surface area contributed by atoms with Gasteiger partial charge in [-0.1, -0.05) is 93.3 Å². The van der Waals surface area contributed by atoms with Crippen LogP contribution in [0.2, 0.25) is 0 Å². The zero-order chi connectivity index (χ0) is 15.6. The summed E-state index contributed by atoms with van der Waals surface area (Å²) in [4.78, 5) is 0. The fraction of sp³-hybridized carbons (Fsp3) is 0.333. The van der Waals surface area contributed by atoms with E-state index in [1.165, 1.54) is 19.3 Å². The molecule has 0 bridgehead atoms. The van der Waals surface area contributed by atoms with E-state index >= 15 is 0 Å². The molecule has 2 aromatic rings. The summed E-state index contributed by atoms with van der Waals surface area (Å²) in [6.07, 6.45) is 7.23. The van der Waals surface area contributed by atoms with E-state index in [4.69, 9.17) is 0 Å². The van der Waals surface area contributed by atoms with Gasteiger partial charge in [-0.05, 0) is 29.2 Å². The molecule has 0 saturated heterocycles. The molecule has 22 heavy (non-hydrogen) atoms. The number of aliphatic hydroxyl groups excluding tert-OH is 1. The molecule has 0 aliphatic carbocycles. The Balaban J connectivity index is 2.16. The van der Waals surface area contributed by atoms with Crippen LogP contribution in [0.15, 0.2) is 66.7 Å². The van der Waals surface area contributed by atoms with Crippen LogP contribution < -0.4 is 0 Å². The predicted molar refractivity (Wildman–Crippen MR) is 94.7 cm³/mol. The highest BCUT2D eigenvalue weighted by Gasteiger charge is 2.08. The van der Waals surface area contributed by atoms with E-state index in [-0.39, 0.29) is 6.10 Å². The van der Waals surface area contributed by atoms with Gasteiger partial charge in [0, 0.05) is 0 Å².